The third kappa shape index (κ3) is 6.08. The van der Waals surface area contributed by atoms with Crippen molar-refractivity contribution in [2.45, 2.75) is 31.7 Å². The number of alkyl halides is 3. The first-order valence-corrected chi connectivity index (χ1v) is 9.14. The van der Waals surface area contributed by atoms with Crippen LogP contribution in [0.3, 0.4) is 0 Å². The van der Waals surface area contributed by atoms with Crippen molar-refractivity contribution in [2.75, 3.05) is 13.2 Å². The fraction of sp³-hybridized carbons (Fsp3) is 0.533. The summed E-state index contributed by atoms with van der Waals surface area (Å²) in [7, 11) is -5.78. The third-order valence-corrected chi connectivity index (χ3v) is 4.63. The quantitative estimate of drug-likeness (QED) is 0.207. The summed E-state index contributed by atoms with van der Waals surface area (Å²) < 4.78 is 73.6. The lowest BCUT2D eigenvalue weighted by Gasteiger charge is -2.33. The first-order valence-electron chi connectivity index (χ1n) is 7.73. The van der Waals surface area contributed by atoms with Gasteiger partial charge in [0.15, 0.2) is 0 Å². The number of halogens is 3. The molecule has 1 aliphatic carbocycles. The number of esters is 1. The summed E-state index contributed by atoms with van der Waals surface area (Å²) in [6, 6.07) is 0. The van der Waals surface area contributed by atoms with Crippen molar-refractivity contribution < 1.29 is 40.0 Å². The molecule has 8 nitrogen and oxygen atoms in total. The lowest BCUT2D eigenvalue weighted by Crippen LogP contribution is -2.40. The van der Waals surface area contributed by atoms with E-state index in [1.54, 1.807) is 6.92 Å². The van der Waals surface area contributed by atoms with Gasteiger partial charge in [0.05, 0.1) is 6.61 Å². The smallest absolute Gasteiger partial charge is 0.477 e. The molecule has 0 radical (unpaired) electrons. The zero-order chi connectivity index (χ0) is 20.7. The Hall–Kier alpha value is -2.37. The monoisotopic (exact) mass is 412 g/mol. The van der Waals surface area contributed by atoms with Gasteiger partial charge in [0.25, 0.3) is 0 Å². The molecule has 0 aromatic rings. The van der Waals surface area contributed by atoms with E-state index in [0.717, 1.165) is 12.3 Å². The molecule has 2 N–H and O–H groups in total. The molecule has 0 fully saturated rings. The van der Waals surface area contributed by atoms with Gasteiger partial charge < -0.3 is 19.1 Å². The van der Waals surface area contributed by atoms with Crippen LogP contribution in [0.15, 0.2) is 24.0 Å². The molecule has 0 bridgehead atoms. The molecule has 152 valence electrons. The molecule has 0 saturated heterocycles. The van der Waals surface area contributed by atoms with Gasteiger partial charge in [-0.1, -0.05) is 0 Å². The number of hydrogen-bond donors (Lipinski definition) is 2. The van der Waals surface area contributed by atoms with E-state index >= 15 is 0 Å². The number of ether oxygens (including phenoxy) is 2. The molecule has 0 aliphatic heterocycles. The van der Waals surface area contributed by atoms with Gasteiger partial charge in [0.1, 0.15) is 17.8 Å². The first-order chi connectivity index (χ1) is 12.5. The molecule has 0 heterocycles. The van der Waals surface area contributed by atoms with E-state index in [-0.39, 0.29) is 38.4 Å². The van der Waals surface area contributed by atoms with E-state index in [1.807, 2.05) is 0 Å². The molecule has 27 heavy (non-hydrogen) atoms. The number of carbonyl (C=O) groups is 1. The van der Waals surface area contributed by atoms with Crippen LogP contribution in [-0.4, -0.2) is 45.2 Å². The number of carbonyl (C=O) groups excluding carboxylic acids is 1. The second kappa shape index (κ2) is 9.02. The summed E-state index contributed by atoms with van der Waals surface area (Å²) in [6.45, 7) is 1.33. The minimum atomic E-state index is -5.78. The van der Waals surface area contributed by atoms with Crippen LogP contribution >= 0.6 is 0 Å². The van der Waals surface area contributed by atoms with Crippen molar-refractivity contribution in [1.29, 1.82) is 10.8 Å². The van der Waals surface area contributed by atoms with Gasteiger partial charge >= 0.3 is 21.6 Å². The zero-order valence-corrected chi connectivity index (χ0v) is 15.2. The van der Waals surface area contributed by atoms with Crippen LogP contribution in [-0.2, 0) is 28.6 Å². The van der Waals surface area contributed by atoms with Crippen molar-refractivity contribution in [3.63, 3.8) is 0 Å². The van der Waals surface area contributed by atoms with E-state index in [1.165, 1.54) is 12.2 Å². The molecule has 1 aliphatic rings. The van der Waals surface area contributed by atoms with Crippen molar-refractivity contribution >= 4 is 28.2 Å². The van der Waals surface area contributed by atoms with Crippen LogP contribution < -0.4 is 0 Å². The maximum atomic E-state index is 12.4. The number of hydrogen-bond acceptors (Lipinski definition) is 8. The molecule has 0 spiro atoms. The van der Waals surface area contributed by atoms with Gasteiger partial charge in [-0.25, -0.2) is 0 Å². The molecule has 1 unspecified atom stereocenters. The lowest BCUT2D eigenvalue weighted by molar-refractivity contribution is -0.158. The summed E-state index contributed by atoms with van der Waals surface area (Å²) in [5.74, 6) is -1.43. The molecule has 1 rings (SSSR count). The minimum Gasteiger partial charge on any atom is -0.477 e. The molecule has 12 heteroatoms. The van der Waals surface area contributed by atoms with Gasteiger partial charge in [-0.2, -0.15) is 21.6 Å². The lowest BCUT2D eigenvalue weighted by atomic mass is 9.77. The van der Waals surface area contributed by atoms with Gasteiger partial charge in [0, 0.05) is 18.7 Å². The number of rotatable bonds is 8. The fourth-order valence-electron chi connectivity index (χ4n) is 2.20. The zero-order valence-electron chi connectivity index (χ0n) is 14.3. The second-order valence-corrected chi connectivity index (χ2v) is 7.08. The average Bonchev–Trinajstić information content (AvgIpc) is 2.58. The maximum absolute atomic E-state index is 12.4. The van der Waals surface area contributed by atoms with E-state index in [0.29, 0.717) is 0 Å². The molecule has 1 atom stereocenters. The van der Waals surface area contributed by atoms with Crippen LogP contribution in [0.1, 0.15) is 26.2 Å². The van der Waals surface area contributed by atoms with E-state index in [4.69, 9.17) is 20.3 Å². The molecular weight excluding hydrogens is 393 g/mol. The van der Waals surface area contributed by atoms with Crippen LogP contribution in [0, 0.1) is 16.2 Å². The van der Waals surface area contributed by atoms with Gasteiger partial charge in [-0.3, -0.25) is 10.2 Å². The highest BCUT2D eigenvalue weighted by Gasteiger charge is 2.50. The molecule has 0 aromatic heterocycles. The average molecular weight is 412 g/mol. The van der Waals surface area contributed by atoms with Crippen LogP contribution in [0.5, 0.6) is 0 Å². The summed E-state index contributed by atoms with van der Waals surface area (Å²) in [5, 5.41) is 14.4. The SMILES string of the molecule is CCOC(=O)C1(COC(=N)/C=C\C=N)CC=C(OS(=O)(=O)C(F)(F)F)CC1. The Bertz CT molecular complexity index is 745. The Morgan fingerprint density at radius 1 is 1.37 bits per heavy atom. The Morgan fingerprint density at radius 2 is 2.04 bits per heavy atom. The minimum absolute atomic E-state index is 0.0568. The van der Waals surface area contributed by atoms with Gasteiger partial charge in [0.2, 0.25) is 5.90 Å². The Labute approximate surface area is 154 Å². The predicted molar refractivity (Wildman–Crippen MR) is 88.7 cm³/mol. The fourth-order valence-corrected chi connectivity index (χ4v) is 2.73. The van der Waals surface area contributed by atoms with Crippen LogP contribution in [0.25, 0.3) is 0 Å². The Balaban J connectivity index is 2.94. The summed E-state index contributed by atoms with van der Waals surface area (Å²) in [5.41, 5.74) is -6.85. The van der Waals surface area contributed by atoms with Crippen LogP contribution in [0.2, 0.25) is 0 Å². The van der Waals surface area contributed by atoms with Gasteiger partial charge in [-0.15, -0.1) is 0 Å². The summed E-state index contributed by atoms with van der Waals surface area (Å²) >= 11 is 0. The highest BCUT2D eigenvalue weighted by atomic mass is 32.2. The van der Waals surface area contributed by atoms with Gasteiger partial charge in [-0.05, 0) is 31.9 Å². The number of nitrogens with one attached hydrogen (secondary N) is 2. The first kappa shape index (κ1) is 22.7. The maximum Gasteiger partial charge on any atom is 0.534 e. The van der Waals surface area contributed by atoms with Crippen molar-refractivity contribution in [3.8, 4) is 0 Å². The van der Waals surface area contributed by atoms with E-state index in [9.17, 15) is 26.4 Å². The largest absolute Gasteiger partial charge is 0.534 e. The molecule has 0 saturated carbocycles. The standard InChI is InChI=1S/C15H19F3N2O6S/c1-2-24-13(21)14(10-25-12(20)4-3-9-19)7-5-11(6-8-14)26-27(22,23)15(16,17)18/h3-5,9,19-20H,2,6-8,10H2,1H3/b4-3-,19-9?,20-12?. The normalized spacial score (nSPS) is 20.7. The summed E-state index contributed by atoms with van der Waals surface area (Å²) in [4.78, 5) is 12.3. The Kier molecular flexibility index (Phi) is 7.57. The highest BCUT2D eigenvalue weighted by Crippen LogP contribution is 2.39. The topological polar surface area (TPSA) is 127 Å². The van der Waals surface area contributed by atoms with E-state index < -0.39 is 32.8 Å². The molecule has 0 aromatic carbocycles. The third-order valence-electron chi connectivity index (χ3n) is 3.63. The molecule has 0 amide bonds. The van der Waals surface area contributed by atoms with Crippen LogP contribution in [0.4, 0.5) is 13.2 Å². The Morgan fingerprint density at radius 3 is 2.52 bits per heavy atom. The van der Waals surface area contributed by atoms with E-state index in [2.05, 4.69) is 4.18 Å². The number of allylic oxidation sites excluding steroid dienone is 3. The summed E-state index contributed by atoms with van der Waals surface area (Å²) in [6.07, 6.45) is 3.87. The highest BCUT2D eigenvalue weighted by molar-refractivity contribution is 7.87. The van der Waals surface area contributed by atoms with Crippen molar-refractivity contribution in [1.82, 2.24) is 0 Å². The van der Waals surface area contributed by atoms with Crippen molar-refractivity contribution in [2.24, 2.45) is 5.41 Å². The van der Waals surface area contributed by atoms with Crippen molar-refractivity contribution in [3.05, 3.63) is 24.0 Å². The molecular formula is C15H19F3N2O6S. The predicted octanol–water partition coefficient (Wildman–Crippen LogP) is 2.67. The second-order valence-electron chi connectivity index (χ2n) is 5.54.